The van der Waals surface area contributed by atoms with Gasteiger partial charge in [0.05, 0.1) is 33.2 Å². The molecule has 0 amide bonds. The van der Waals surface area contributed by atoms with E-state index in [2.05, 4.69) is 40.1 Å². The lowest BCUT2D eigenvalue weighted by Gasteiger charge is -2.33. The van der Waals surface area contributed by atoms with Crippen LogP contribution in [0.5, 0.6) is 0 Å². The molecule has 2 aromatic carbocycles. The Labute approximate surface area is 216 Å². The number of nitrogens with zero attached hydrogens (tertiary/aromatic N) is 3. The molecule has 0 N–H and O–H groups in total. The van der Waals surface area contributed by atoms with Crippen LogP contribution in [0.2, 0.25) is 0 Å². The number of rotatable bonds is 5. The largest absolute Gasteiger partial charge is 0.381 e. The van der Waals surface area contributed by atoms with Gasteiger partial charge in [0.15, 0.2) is 9.84 Å². The minimum atomic E-state index is -3.39. The Hall–Kier alpha value is -3.49. The maximum absolute atomic E-state index is 12.6. The van der Waals surface area contributed by atoms with Crippen molar-refractivity contribution >= 4 is 31.8 Å². The smallest absolute Gasteiger partial charge is 0.175 e. The summed E-state index contributed by atoms with van der Waals surface area (Å²) in [6.45, 7) is 5.26. The van der Waals surface area contributed by atoms with Gasteiger partial charge in [0.2, 0.25) is 0 Å². The molecule has 0 spiro atoms. The normalized spacial score (nSPS) is 16.0. The summed E-state index contributed by atoms with van der Waals surface area (Å²) < 4.78 is 38.6. The summed E-state index contributed by atoms with van der Waals surface area (Å²) in [6, 6.07) is 18.0. The van der Waals surface area contributed by atoms with Crippen molar-refractivity contribution in [1.82, 2.24) is 14.7 Å². The highest BCUT2D eigenvalue weighted by molar-refractivity contribution is 7.90. The average Bonchev–Trinajstić information content (AvgIpc) is 3.40. The topological polar surface area (TPSA) is 87.2 Å². The van der Waals surface area contributed by atoms with Gasteiger partial charge >= 0.3 is 0 Å². The second-order valence-electron chi connectivity index (χ2n) is 9.92. The van der Waals surface area contributed by atoms with Crippen LogP contribution in [-0.4, -0.2) is 42.6 Å². The molecule has 1 aliphatic rings. The lowest BCUT2D eigenvalue weighted by Crippen LogP contribution is -2.27. The Morgan fingerprint density at radius 3 is 2.43 bits per heavy atom. The van der Waals surface area contributed by atoms with E-state index in [9.17, 15) is 8.42 Å². The van der Waals surface area contributed by atoms with E-state index in [1.165, 1.54) is 11.8 Å². The number of pyridine rings is 1. The second-order valence-corrected chi connectivity index (χ2v) is 11.9. The van der Waals surface area contributed by atoms with E-state index in [4.69, 9.17) is 14.2 Å². The molecular formula is C29H29N3O4S. The summed E-state index contributed by atoms with van der Waals surface area (Å²) in [7, 11) is -3.39. The van der Waals surface area contributed by atoms with Gasteiger partial charge in [0.25, 0.3) is 0 Å². The zero-order valence-corrected chi connectivity index (χ0v) is 22.0. The van der Waals surface area contributed by atoms with Crippen LogP contribution in [0.4, 0.5) is 0 Å². The van der Waals surface area contributed by atoms with E-state index < -0.39 is 9.84 Å². The fourth-order valence-electron chi connectivity index (χ4n) is 5.76. The summed E-state index contributed by atoms with van der Waals surface area (Å²) in [4.78, 5) is 5.22. The summed E-state index contributed by atoms with van der Waals surface area (Å²) in [6.07, 6.45) is 4.95. The first kappa shape index (κ1) is 23.9. The van der Waals surface area contributed by atoms with E-state index in [0.29, 0.717) is 24.0 Å². The first-order valence-corrected chi connectivity index (χ1v) is 14.4. The van der Waals surface area contributed by atoms with Gasteiger partial charge in [0, 0.05) is 42.2 Å². The van der Waals surface area contributed by atoms with Crippen LogP contribution in [0.3, 0.4) is 0 Å². The van der Waals surface area contributed by atoms with E-state index in [-0.39, 0.29) is 6.04 Å². The zero-order valence-electron chi connectivity index (χ0n) is 21.1. The summed E-state index contributed by atoms with van der Waals surface area (Å²) in [5.74, 6) is 1.06. The molecule has 6 rings (SSSR count). The van der Waals surface area contributed by atoms with E-state index in [1.54, 1.807) is 12.1 Å². The van der Waals surface area contributed by atoms with Crippen molar-refractivity contribution in [2.24, 2.45) is 5.92 Å². The minimum absolute atomic E-state index is 0.0124. The van der Waals surface area contributed by atoms with Crippen molar-refractivity contribution in [3.8, 4) is 11.1 Å². The van der Waals surface area contributed by atoms with Crippen LogP contribution in [0.1, 0.15) is 35.9 Å². The van der Waals surface area contributed by atoms with Gasteiger partial charge < -0.3 is 13.8 Å². The second kappa shape index (κ2) is 9.11. The number of aryl methyl sites for hydroxylation is 2. The third kappa shape index (κ3) is 4.14. The molecule has 7 nitrogen and oxygen atoms in total. The molecular weight excluding hydrogens is 486 g/mol. The number of ether oxygens (including phenoxy) is 1. The molecule has 190 valence electrons. The Balaban J connectivity index is 1.71. The number of hydrogen-bond acceptors (Lipinski definition) is 6. The molecule has 37 heavy (non-hydrogen) atoms. The standard InChI is InChI=1S/C29H29N3O4S/c1-18-27(19(2)36-31-18)22-15-26-28(30-17-22)24-10-9-23(37(3,33)34)16-25(24)32(26)29(20-7-5-4-6-8-20)21-11-13-35-14-12-21/h4-10,15-17,21,29H,11-14H2,1-3H3/t29-/m1/s1. The fraction of sp³-hybridized carbons (Fsp3) is 0.310. The molecule has 5 aromatic rings. The van der Waals surface area contributed by atoms with E-state index >= 15 is 0 Å². The summed E-state index contributed by atoms with van der Waals surface area (Å²) in [5, 5.41) is 5.07. The predicted molar refractivity (Wildman–Crippen MR) is 143 cm³/mol. The summed E-state index contributed by atoms with van der Waals surface area (Å²) >= 11 is 0. The van der Waals surface area contributed by atoms with Crippen LogP contribution in [0.15, 0.2) is 70.2 Å². The highest BCUT2D eigenvalue weighted by Gasteiger charge is 2.30. The molecule has 0 unspecified atom stereocenters. The maximum atomic E-state index is 12.6. The Morgan fingerprint density at radius 1 is 1.00 bits per heavy atom. The Kier molecular flexibility index (Phi) is 5.88. The van der Waals surface area contributed by atoms with Crippen molar-refractivity contribution in [3.63, 3.8) is 0 Å². The molecule has 1 fully saturated rings. The Morgan fingerprint density at radius 2 is 1.76 bits per heavy atom. The highest BCUT2D eigenvalue weighted by atomic mass is 32.2. The third-order valence-corrected chi connectivity index (χ3v) is 8.60. The van der Waals surface area contributed by atoms with Crippen LogP contribution >= 0.6 is 0 Å². The van der Waals surface area contributed by atoms with Crippen LogP contribution in [0.25, 0.3) is 33.1 Å². The lowest BCUT2D eigenvalue weighted by atomic mass is 9.86. The van der Waals surface area contributed by atoms with Gasteiger partial charge in [-0.15, -0.1) is 0 Å². The molecule has 0 bridgehead atoms. The molecule has 4 heterocycles. The SMILES string of the molecule is Cc1noc(C)c1-c1cnc2c3ccc(S(C)(=O)=O)cc3n([C@H](c3ccccc3)C3CCOCC3)c2c1. The number of fused-ring (bicyclic) bond motifs is 3. The maximum Gasteiger partial charge on any atom is 0.175 e. The molecule has 0 aliphatic carbocycles. The third-order valence-electron chi connectivity index (χ3n) is 7.49. The van der Waals surface area contributed by atoms with E-state index in [1.807, 2.05) is 32.2 Å². The molecule has 1 saturated heterocycles. The van der Waals surface area contributed by atoms with Crippen LogP contribution in [0, 0.1) is 19.8 Å². The molecule has 8 heteroatoms. The quantitative estimate of drug-likeness (QED) is 0.290. The molecule has 1 atom stereocenters. The number of aromatic nitrogens is 3. The summed E-state index contributed by atoms with van der Waals surface area (Å²) in [5.41, 5.74) is 6.52. The van der Waals surface area contributed by atoms with Gasteiger partial charge in [-0.2, -0.15) is 0 Å². The van der Waals surface area contributed by atoms with Gasteiger partial charge in [-0.1, -0.05) is 35.5 Å². The molecule has 3 aromatic heterocycles. The molecule has 0 saturated carbocycles. The van der Waals surface area contributed by atoms with E-state index in [0.717, 1.165) is 57.4 Å². The van der Waals surface area contributed by atoms with Crippen molar-refractivity contribution in [2.45, 2.75) is 37.6 Å². The minimum Gasteiger partial charge on any atom is -0.381 e. The van der Waals surface area contributed by atoms with Crippen LogP contribution in [-0.2, 0) is 14.6 Å². The Bertz CT molecular complexity index is 1700. The van der Waals surface area contributed by atoms with Crippen molar-refractivity contribution < 1.29 is 17.7 Å². The van der Waals surface area contributed by atoms with Gasteiger partial charge in [0.1, 0.15) is 5.76 Å². The first-order chi connectivity index (χ1) is 17.8. The predicted octanol–water partition coefficient (Wildman–Crippen LogP) is 5.88. The van der Waals surface area contributed by atoms with Crippen molar-refractivity contribution in [1.29, 1.82) is 0 Å². The number of benzene rings is 2. The zero-order chi connectivity index (χ0) is 25.7. The van der Waals surface area contributed by atoms with Gasteiger partial charge in [-0.05, 0) is 62.4 Å². The van der Waals surface area contributed by atoms with Gasteiger partial charge in [-0.25, -0.2) is 8.42 Å². The molecule has 1 aliphatic heterocycles. The van der Waals surface area contributed by atoms with Crippen molar-refractivity contribution in [2.75, 3.05) is 19.5 Å². The average molecular weight is 516 g/mol. The van der Waals surface area contributed by atoms with Gasteiger partial charge in [-0.3, -0.25) is 4.98 Å². The number of sulfone groups is 1. The monoisotopic (exact) mass is 515 g/mol. The fourth-order valence-corrected chi connectivity index (χ4v) is 6.40. The highest BCUT2D eigenvalue weighted by Crippen LogP contribution is 2.42. The van der Waals surface area contributed by atoms with Crippen molar-refractivity contribution in [3.05, 3.63) is 77.8 Å². The lowest BCUT2D eigenvalue weighted by molar-refractivity contribution is 0.0553. The van der Waals surface area contributed by atoms with Crippen LogP contribution < -0.4 is 0 Å². The molecule has 0 radical (unpaired) electrons. The first-order valence-electron chi connectivity index (χ1n) is 12.5. The number of hydrogen-bond donors (Lipinski definition) is 0.